The van der Waals surface area contributed by atoms with Crippen LogP contribution in [-0.4, -0.2) is 24.1 Å². The maximum atomic E-state index is 10.7. The van der Waals surface area contributed by atoms with E-state index in [2.05, 4.69) is 0 Å². The molecule has 1 atom stereocenters. The molecule has 54 valence electrons. The third-order valence-electron chi connectivity index (χ3n) is 1.24. The summed E-state index contributed by atoms with van der Waals surface area (Å²) < 4.78 is 32.0. The highest BCUT2D eigenvalue weighted by Crippen LogP contribution is 2.11. The Bertz CT molecular complexity index is 216. The van der Waals surface area contributed by atoms with E-state index < -0.39 is 18.7 Å². The van der Waals surface area contributed by atoms with Gasteiger partial charge in [-0.15, -0.1) is 0 Å². The predicted molar refractivity (Wildman–Crippen MR) is 36.0 cm³/mol. The molecule has 1 unspecified atom stereocenters. The van der Waals surface area contributed by atoms with Crippen LogP contribution in [0.1, 0.15) is 12.8 Å². The van der Waals surface area contributed by atoms with Crippen molar-refractivity contribution >= 4 is 18.7 Å². The van der Waals surface area contributed by atoms with Crippen molar-refractivity contribution < 1.29 is 12.6 Å². The quantitative estimate of drug-likeness (QED) is 0.473. The van der Waals surface area contributed by atoms with E-state index in [1.54, 1.807) is 0 Å². The van der Waals surface area contributed by atoms with Gasteiger partial charge in [-0.3, -0.25) is 0 Å². The lowest BCUT2D eigenvalue weighted by Crippen LogP contribution is -2.20. The van der Waals surface area contributed by atoms with Crippen LogP contribution in [0.3, 0.4) is 0 Å². The summed E-state index contributed by atoms with van der Waals surface area (Å²) in [6.45, 7) is 0. The molecule has 1 aliphatic rings. The number of rotatable bonds is 0. The van der Waals surface area contributed by atoms with E-state index in [1.807, 2.05) is 0 Å². The second kappa shape index (κ2) is 2.38. The number of hydrogen-bond acceptors (Lipinski definition) is 3. The molecule has 0 aliphatic carbocycles. The van der Waals surface area contributed by atoms with Gasteiger partial charge >= 0.3 is 0 Å². The molecular formula is C4H8O3S2. The molecule has 1 rings (SSSR count). The van der Waals surface area contributed by atoms with Gasteiger partial charge < -0.3 is 0 Å². The molecule has 9 heavy (non-hydrogen) atoms. The maximum absolute atomic E-state index is 10.7. The standard InChI is InChI=1S/C4H8O3S2/c5-8-3-1-2-4-9(8,6)7/h1-4H2. The first kappa shape index (κ1) is 7.21. The molecule has 1 saturated heterocycles. The van der Waals surface area contributed by atoms with E-state index in [1.165, 1.54) is 0 Å². The van der Waals surface area contributed by atoms with Gasteiger partial charge in [0.1, 0.15) is 9.83 Å². The molecule has 1 heterocycles. The van der Waals surface area contributed by atoms with Gasteiger partial charge in [0.25, 0.3) is 0 Å². The summed E-state index contributed by atoms with van der Waals surface area (Å²) >= 11 is 0. The van der Waals surface area contributed by atoms with Crippen molar-refractivity contribution in [1.29, 1.82) is 0 Å². The van der Waals surface area contributed by atoms with Crippen LogP contribution in [-0.2, 0) is 18.7 Å². The minimum atomic E-state index is -3.19. The molecule has 0 amide bonds. The second-order valence-corrected chi connectivity index (χ2v) is 7.16. The molecule has 0 spiro atoms. The van der Waals surface area contributed by atoms with Gasteiger partial charge in [-0.2, -0.15) is 0 Å². The molecule has 0 bridgehead atoms. The van der Waals surface area contributed by atoms with Crippen molar-refractivity contribution in [3.63, 3.8) is 0 Å². The lowest BCUT2D eigenvalue weighted by molar-refractivity contribution is 0.598. The van der Waals surface area contributed by atoms with Gasteiger partial charge in [-0.1, -0.05) is 0 Å². The zero-order valence-electron chi connectivity index (χ0n) is 4.87. The van der Waals surface area contributed by atoms with Crippen molar-refractivity contribution in [2.24, 2.45) is 0 Å². The van der Waals surface area contributed by atoms with Gasteiger partial charge in [0.2, 0.25) is 8.87 Å². The molecule has 0 aromatic rings. The summed E-state index contributed by atoms with van der Waals surface area (Å²) in [4.78, 5) is 0. The molecule has 0 saturated carbocycles. The fraction of sp³-hybridized carbons (Fsp3) is 1.00. The Hall–Kier alpha value is 0.1000. The maximum Gasteiger partial charge on any atom is 0.229 e. The van der Waals surface area contributed by atoms with E-state index in [9.17, 15) is 12.6 Å². The Morgan fingerprint density at radius 1 is 1.22 bits per heavy atom. The van der Waals surface area contributed by atoms with Crippen molar-refractivity contribution in [2.75, 3.05) is 11.5 Å². The van der Waals surface area contributed by atoms with Crippen molar-refractivity contribution in [2.45, 2.75) is 12.8 Å². The van der Waals surface area contributed by atoms with Crippen LogP contribution >= 0.6 is 0 Å². The molecule has 1 fully saturated rings. The molecule has 0 N–H and O–H groups in total. The van der Waals surface area contributed by atoms with Crippen LogP contribution < -0.4 is 0 Å². The van der Waals surface area contributed by atoms with Crippen molar-refractivity contribution in [1.82, 2.24) is 0 Å². The average molecular weight is 168 g/mol. The summed E-state index contributed by atoms with van der Waals surface area (Å²) in [6.07, 6.45) is 1.46. The lowest BCUT2D eigenvalue weighted by Gasteiger charge is -2.08. The molecule has 0 aromatic heterocycles. The molecule has 0 aromatic carbocycles. The topological polar surface area (TPSA) is 51.2 Å². The minimum Gasteiger partial charge on any atom is -0.243 e. The van der Waals surface area contributed by atoms with Gasteiger partial charge in [-0.05, 0) is 12.8 Å². The third-order valence-corrected chi connectivity index (χ3v) is 5.92. The Morgan fingerprint density at radius 3 is 2.22 bits per heavy atom. The highest BCUT2D eigenvalue weighted by atomic mass is 33.2. The highest BCUT2D eigenvalue weighted by molar-refractivity contribution is 8.64. The van der Waals surface area contributed by atoms with Crippen LogP contribution in [0.4, 0.5) is 0 Å². The molecule has 5 heteroatoms. The van der Waals surface area contributed by atoms with E-state index in [0.717, 1.165) is 6.42 Å². The monoisotopic (exact) mass is 168 g/mol. The zero-order valence-corrected chi connectivity index (χ0v) is 6.50. The summed E-state index contributed by atoms with van der Waals surface area (Å²) in [5, 5.41) is 0. The first-order valence-electron chi connectivity index (χ1n) is 2.74. The Kier molecular flexibility index (Phi) is 1.91. The van der Waals surface area contributed by atoms with E-state index >= 15 is 0 Å². The first-order chi connectivity index (χ1) is 4.13. The minimum absolute atomic E-state index is 0.111. The van der Waals surface area contributed by atoms with Gasteiger partial charge in [0.05, 0.1) is 5.75 Å². The molecule has 1 aliphatic heterocycles. The van der Waals surface area contributed by atoms with E-state index in [4.69, 9.17) is 0 Å². The summed E-state index contributed by atoms with van der Waals surface area (Å²) in [5.41, 5.74) is 0. The van der Waals surface area contributed by atoms with Gasteiger partial charge in [0, 0.05) is 5.75 Å². The van der Waals surface area contributed by atoms with Crippen molar-refractivity contribution in [3.05, 3.63) is 0 Å². The molecular weight excluding hydrogens is 160 g/mol. The van der Waals surface area contributed by atoms with Gasteiger partial charge in [-0.25, -0.2) is 12.6 Å². The van der Waals surface area contributed by atoms with Crippen molar-refractivity contribution in [3.8, 4) is 0 Å². The van der Waals surface area contributed by atoms with Crippen LogP contribution in [0.2, 0.25) is 0 Å². The second-order valence-electron chi connectivity index (χ2n) is 1.98. The number of hydrogen-bond donors (Lipinski definition) is 0. The molecule has 0 radical (unpaired) electrons. The molecule has 3 nitrogen and oxygen atoms in total. The lowest BCUT2D eigenvalue weighted by atomic mass is 10.4. The fourth-order valence-corrected chi connectivity index (χ4v) is 4.18. The Balaban J connectivity index is 2.85. The normalized spacial score (nSPS) is 34.0. The largest absolute Gasteiger partial charge is 0.243 e. The smallest absolute Gasteiger partial charge is 0.229 e. The highest BCUT2D eigenvalue weighted by Gasteiger charge is 2.23. The first-order valence-corrected chi connectivity index (χ1v) is 6.23. The summed E-state index contributed by atoms with van der Waals surface area (Å²) in [6, 6.07) is 0. The Labute approximate surface area is 56.2 Å². The van der Waals surface area contributed by atoms with Crippen LogP contribution in [0, 0.1) is 0 Å². The van der Waals surface area contributed by atoms with Crippen LogP contribution in [0.25, 0.3) is 0 Å². The van der Waals surface area contributed by atoms with Crippen LogP contribution in [0.15, 0.2) is 0 Å². The third kappa shape index (κ3) is 1.52. The zero-order chi connectivity index (χ0) is 6.91. The van der Waals surface area contributed by atoms with Crippen LogP contribution in [0.5, 0.6) is 0 Å². The predicted octanol–water partition coefficient (Wildman–Crippen LogP) is -0.141. The summed E-state index contributed by atoms with van der Waals surface area (Å²) in [7, 11) is -4.77. The average Bonchev–Trinajstić information content (AvgIpc) is 1.77. The SMILES string of the molecule is O=S1CCCCS1(=O)=O. The summed E-state index contributed by atoms with van der Waals surface area (Å²) in [5.74, 6) is 0.446. The van der Waals surface area contributed by atoms with Gasteiger partial charge in [0.15, 0.2) is 0 Å². The van der Waals surface area contributed by atoms with E-state index in [-0.39, 0.29) is 5.75 Å². The Morgan fingerprint density at radius 2 is 1.89 bits per heavy atom. The fourth-order valence-electron chi connectivity index (χ4n) is 0.719. The van der Waals surface area contributed by atoms with E-state index in [0.29, 0.717) is 12.2 Å².